The molecule has 0 saturated heterocycles. The van der Waals surface area contributed by atoms with Crippen molar-refractivity contribution in [3.8, 4) is 0 Å². The molecule has 16 heteroatoms. The average molecular weight is 796 g/mol. The molecule has 0 unspecified atom stereocenters. The van der Waals surface area contributed by atoms with Crippen LogP contribution in [0.2, 0.25) is 5.02 Å². The number of nitro benzene ring substituents is 2. The maximum Gasteiger partial charge on any atom is 0.282 e. The van der Waals surface area contributed by atoms with Crippen LogP contribution in [-0.4, -0.2) is 37.6 Å². The number of hydrogen-bond acceptors (Lipinski definition) is 7. The molecule has 194 valence electrons. The molecule has 0 atom stereocenters. The number of hydrazine groups is 1. The lowest BCUT2D eigenvalue weighted by Crippen LogP contribution is -2.49. The van der Waals surface area contributed by atoms with Crippen LogP contribution in [0.3, 0.4) is 0 Å². The van der Waals surface area contributed by atoms with Gasteiger partial charge >= 0.3 is 0 Å². The van der Waals surface area contributed by atoms with Crippen LogP contribution < -0.4 is 0 Å². The van der Waals surface area contributed by atoms with E-state index < -0.39 is 39.8 Å². The third-order valence-electron chi connectivity index (χ3n) is 5.44. The number of carbonyl (C=O) groups is 3. The van der Waals surface area contributed by atoms with Gasteiger partial charge in [-0.1, -0.05) is 11.6 Å². The van der Waals surface area contributed by atoms with Crippen LogP contribution in [-0.2, 0) is 6.54 Å². The van der Waals surface area contributed by atoms with Crippen LogP contribution in [0.4, 0.5) is 11.4 Å². The van der Waals surface area contributed by atoms with Crippen LogP contribution in [0.15, 0.2) is 60.4 Å². The summed E-state index contributed by atoms with van der Waals surface area (Å²) in [6.45, 7) is -0.577. The van der Waals surface area contributed by atoms with E-state index in [4.69, 9.17) is 11.6 Å². The van der Waals surface area contributed by atoms with Crippen molar-refractivity contribution in [1.82, 2.24) is 10.0 Å². The minimum Gasteiger partial charge on any atom is -0.267 e. The lowest BCUT2D eigenvalue weighted by Gasteiger charge is -2.30. The number of nitrogens with zero attached hydrogens (tertiary/aromatic N) is 4. The number of halogens is 5. The van der Waals surface area contributed by atoms with Crippen LogP contribution in [0.1, 0.15) is 36.6 Å². The third-order valence-corrected chi connectivity index (χ3v) is 10.4. The van der Waals surface area contributed by atoms with Crippen molar-refractivity contribution < 1.29 is 24.2 Å². The summed E-state index contributed by atoms with van der Waals surface area (Å²) in [7, 11) is 0. The number of imide groups is 1. The Morgan fingerprint density at radius 2 is 1.37 bits per heavy atom. The minimum atomic E-state index is -0.913. The van der Waals surface area contributed by atoms with Crippen molar-refractivity contribution in [3.05, 3.63) is 108 Å². The maximum atomic E-state index is 13.7. The molecule has 0 N–H and O–H groups in total. The fraction of sp³-hybridized carbons (Fsp3) is 0.0455. The predicted octanol–water partition coefficient (Wildman–Crippen LogP) is 7.06. The highest BCUT2D eigenvalue weighted by atomic mass is 79.9. The first-order chi connectivity index (χ1) is 17.8. The van der Waals surface area contributed by atoms with Gasteiger partial charge in [-0.15, -0.1) is 0 Å². The Kier molecular flexibility index (Phi) is 8.04. The van der Waals surface area contributed by atoms with E-state index in [1.165, 1.54) is 12.1 Å². The largest absolute Gasteiger partial charge is 0.282 e. The molecule has 0 bridgehead atoms. The molecule has 1 aliphatic rings. The molecule has 11 nitrogen and oxygen atoms in total. The smallest absolute Gasteiger partial charge is 0.267 e. The van der Waals surface area contributed by atoms with E-state index in [9.17, 15) is 34.6 Å². The highest BCUT2D eigenvalue weighted by Crippen LogP contribution is 2.46. The quantitative estimate of drug-likeness (QED) is 0.0855. The van der Waals surface area contributed by atoms with E-state index in [0.29, 0.717) is 14.0 Å². The highest BCUT2D eigenvalue weighted by Gasteiger charge is 2.46. The number of hydrogen-bond donors (Lipinski definition) is 0. The summed E-state index contributed by atoms with van der Waals surface area (Å²) in [5.74, 6) is -2.67. The molecular formula is C22H9Br4ClN4O7. The van der Waals surface area contributed by atoms with Crippen molar-refractivity contribution in [1.29, 1.82) is 0 Å². The fourth-order valence-corrected chi connectivity index (χ4v) is 6.29. The molecule has 3 amide bonds. The number of fused-ring (bicyclic) bond motifs is 1. The van der Waals surface area contributed by atoms with Gasteiger partial charge in [-0.3, -0.25) is 34.6 Å². The second-order valence-electron chi connectivity index (χ2n) is 7.62. The summed E-state index contributed by atoms with van der Waals surface area (Å²) in [6.07, 6.45) is 0. The Balaban J connectivity index is 1.88. The van der Waals surface area contributed by atoms with Gasteiger partial charge in [0, 0.05) is 46.7 Å². The number of carbonyl (C=O) groups excluding carboxylic acids is 3. The number of nitro groups is 2. The Labute approximate surface area is 251 Å². The molecule has 1 heterocycles. The van der Waals surface area contributed by atoms with Gasteiger partial charge in [0.2, 0.25) is 0 Å². The first kappa shape index (κ1) is 28.3. The third kappa shape index (κ3) is 4.88. The average Bonchev–Trinajstić information content (AvgIpc) is 3.14. The Morgan fingerprint density at radius 3 is 1.84 bits per heavy atom. The van der Waals surface area contributed by atoms with Crippen molar-refractivity contribution in [3.63, 3.8) is 0 Å². The monoisotopic (exact) mass is 792 g/mol. The maximum absolute atomic E-state index is 13.7. The molecule has 3 aromatic rings. The Bertz CT molecular complexity index is 1540. The number of amides is 3. The van der Waals surface area contributed by atoms with Crippen molar-refractivity contribution >= 4 is 104 Å². The summed E-state index contributed by atoms with van der Waals surface area (Å²) in [5.41, 5.74) is -0.961. The highest BCUT2D eigenvalue weighted by molar-refractivity contribution is 9.15. The van der Waals surface area contributed by atoms with Crippen molar-refractivity contribution in [2.75, 3.05) is 0 Å². The minimum absolute atomic E-state index is 0.0216. The lowest BCUT2D eigenvalue weighted by atomic mass is 10.1. The van der Waals surface area contributed by atoms with E-state index in [2.05, 4.69) is 63.7 Å². The topological polar surface area (TPSA) is 144 Å². The van der Waals surface area contributed by atoms with Gasteiger partial charge in [0.25, 0.3) is 29.1 Å². The van der Waals surface area contributed by atoms with Gasteiger partial charge < -0.3 is 0 Å². The first-order valence-corrected chi connectivity index (χ1v) is 13.6. The Hall–Kier alpha value is -2.72. The summed E-state index contributed by atoms with van der Waals surface area (Å²) in [5, 5.41) is 24.1. The Morgan fingerprint density at radius 1 is 0.842 bits per heavy atom. The molecule has 0 radical (unpaired) electrons. The van der Waals surface area contributed by atoms with E-state index >= 15 is 0 Å². The summed E-state index contributed by atoms with van der Waals surface area (Å²) in [6, 6.07) is 8.22. The summed E-state index contributed by atoms with van der Waals surface area (Å²) >= 11 is 19.2. The summed E-state index contributed by atoms with van der Waals surface area (Å²) < 4.78 is 1.33. The molecule has 0 saturated carbocycles. The zero-order chi connectivity index (χ0) is 28.0. The molecule has 0 fully saturated rings. The van der Waals surface area contributed by atoms with E-state index in [-0.39, 0.29) is 41.9 Å². The van der Waals surface area contributed by atoms with Gasteiger partial charge in [0.15, 0.2) is 0 Å². The molecule has 4 rings (SSSR count). The molecule has 1 aliphatic heterocycles. The molecule has 38 heavy (non-hydrogen) atoms. The standard InChI is InChI=1S/C22H9Br4ClN4O7/c23-16-14-15(17(24)19(26)18(16)25)22(34)29(21(14)33)28(8-10-1-4-11(27)7-13(10)31(37)38)20(32)9-2-5-12(6-3-9)30(35)36/h1-7H,8H2. The van der Waals surface area contributed by atoms with Gasteiger partial charge in [0.05, 0.1) is 33.1 Å². The SMILES string of the molecule is O=C(c1ccc([N+](=O)[O-])cc1)N(Cc1ccc(Cl)cc1[N+](=O)[O-])N1C(=O)c2c(Br)c(Br)c(Br)c(Br)c2C1=O. The zero-order valence-corrected chi connectivity index (χ0v) is 25.4. The van der Waals surface area contributed by atoms with Gasteiger partial charge in [-0.2, -0.15) is 5.01 Å². The van der Waals surface area contributed by atoms with Crippen molar-refractivity contribution in [2.45, 2.75) is 6.54 Å². The van der Waals surface area contributed by atoms with E-state index in [1.54, 1.807) is 0 Å². The van der Waals surface area contributed by atoms with Crippen LogP contribution in [0, 0.1) is 20.2 Å². The summed E-state index contributed by atoms with van der Waals surface area (Å²) in [4.78, 5) is 62.3. The van der Waals surface area contributed by atoms with Crippen LogP contribution in [0.5, 0.6) is 0 Å². The molecule has 0 aromatic heterocycles. The molecule has 0 spiro atoms. The lowest BCUT2D eigenvalue weighted by molar-refractivity contribution is -0.385. The van der Waals surface area contributed by atoms with Gasteiger partial charge in [0.1, 0.15) is 0 Å². The van der Waals surface area contributed by atoms with Gasteiger partial charge in [-0.25, -0.2) is 5.01 Å². The second-order valence-corrected chi connectivity index (χ2v) is 11.2. The first-order valence-electron chi connectivity index (χ1n) is 10.1. The number of benzene rings is 3. The molecule has 0 aliphatic carbocycles. The molecule has 3 aromatic carbocycles. The fourth-order valence-electron chi connectivity index (χ4n) is 3.67. The van der Waals surface area contributed by atoms with Gasteiger partial charge in [-0.05, 0) is 88.0 Å². The second kappa shape index (κ2) is 10.8. The van der Waals surface area contributed by atoms with E-state index in [1.807, 2.05) is 0 Å². The normalized spacial score (nSPS) is 12.5. The van der Waals surface area contributed by atoms with Crippen molar-refractivity contribution in [2.24, 2.45) is 0 Å². The number of non-ortho nitro benzene ring substituents is 1. The van der Waals surface area contributed by atoms with Crippen LogP contribution >= 0.6 is 75.3 Å². The van der Waals surface area contributed by atoms with E-state index in [0.717, 1.165) is 35.3 Å². The zero-order valence-electron chi connectivity index (χ0n) is 18.3. The van der Waals surface area contributed by atoms with Crippen LogP contribution in [0.25, 0.3) is 0 Å². The number of rotatable bonds is 6. The predicted molar refractivity (Wildman–Crippen MR) is 149 cm³/mol. The molecular weight excluding hydrogens is 787 g/mol.